The minimum absolute atomic E-state index is 0.269. The molecule has 18 heavy (non-hydrogen) atoms. The number of halogens is 1. The number of nitrogens with one attached hydrogen (secondary N) is 1. The summed E-state index contributed by atoms with van der Waals surface area (Å²) in [5.74, 6) is 0. The van der Waals surface area contributed by atoms with Crippen LogP contribution >= 0.6 is 15.9 Å². The number of rotatable bonds is 3. The summed E-state index contributed by atoms with van der Waals surface area (Å²) in [6, 6.07) is 13.8. The summed E-state index contributed by atoms with van der Waals surface area (Å²) in [7, 11) is -3.51. The zero-order valence-electron chi connectivity index (χ0n) is 9.72. The van der Waals surface area contributed by atoms with Gasteiger partial charge in [0.15, 0.2) is 0 Å². The first-order valence-electron chi connectivity index (χ1n) is 5.32. The molecule has 0 saturated heterocycles. The van der Waals surface area contributed by atoms with Crippen LogP contribution in [-0.2, 0) is 10.0 Å². The molecular weight excluding hydrogens is 314 g/mol. The van der Waals surface area contributed by atoms with Gasteiger partial charge < -0.3 is 0 Å². The van der Waals surface area contributed by atoms with Crippen LogP contribution < -0.4 is 4.72 Å². The third-order valence-corrected chi connectivity index (χ3v) is 4.30. The molecule has 0 unspecified atom stereocenters. The van der Waals surface area contributed by atoms with E-state index in [0.717, 1.165) is 10.0 Å². The van der Waals surface area contributed by atoms with E-state index in [1.165, 1.54) is 0 Å². The van der Waals surface area contributed by atoms with Crippen molar-refractivity contribution in [2.24, 2.45) is 0 Å². The van der Waals surface area contributed by atoms with Gasteiger partial charge in [0.1, 0.15) is 0 Å². The Kier molecular flexibility index (Phi) is 3.73. The predicted molar refractivity (Wildman–Crippen MR) is 76.1 cm³/mol. The monoisotopic (exact) mass is 325 g/mol. The Morgan fingerprint density at radius 2 is 1.72 bits per heavy atom. The van der Waals surface area contributed by atoms with Crippen molar-refractivity contribution in [3.05, 3.63) is 58.6 Å². The first kappa shape index (κ1) is 13.1. The molecule has 94 valence electrons. The SMILES string of the molecule is Cc1cccc(S(=O)(=O)Nc2ccc(Br)cc2)c1. The average Bonchev–Trinajstić information content (AvgIpc) is 2.32. The van der Waals surface area contributed by atoms with Gasteiger partial charge in [-0.1, -0.05) is 28.1 Å². The van der Waals surface area contributed by atoms with Crippen LogP contribution in [0.4, 0.5) is 5.69 Å². The number of aryl methyl sites for hydroxylation is 1. The summed E-state index contributed by atoms with van der Waals surface area (Å²) in [6.07, 6.45) is 0. The van der Waals surface area contributed by atoms with Crippen molar-refractivity contribution in [3.63, 3.8) is 0 Å². The molecule has 5 heteroatoms. The van der Waals surface area contributed by atoms with Crippen molar-refractivity contribution in [3.8, 4) is 0 Å². The molecule has 0 aliphatic carbocycles. The summed E-state index contributed by atoms with van der Waals surface area (Å²) in [5.41, 5.74) is 1.45. The summed E-state index contributed by atoms with van der Waals surface area (Å²) in [5, 5.41) is 0. The fraction of sp³-hybridized carbons (Fsp3) is 0.0769. The minimum Gasteiger partial charge on any atom is -0.280 e. The Hall–Kier alpha value is -1.33. The quantitative estimate of drug-likeness (QED) is 0.937. The molecule has 0 fully saturated rings. The Bertz CT molecular complexity index is 651. The van der Waals surface area contributed by atoms with Crippen molar-refractivity contribution in [1.29, 1.82) is 0 Å². The van der Waals surface area contributed by atoms with Crippen LogP contribution in [0.5, 0.6) is 0 Å². The fourth-order valence-corrected chi connectivity index (χ4v) is 2.94. The molecule has 2 aromatic carbocycles. The smallest absolute Gasteiger partial charge is 0.261 e. The molecule has 1 N–H and O–H groups in total. The van der Waals surface area contributed by atoms with E-state index in [1.807, 2.05) is 13.0 Å². The number of hydrogen-bond acceptors (Lipinski definition) is 2. The van der Waals surface area contributed by atoms with Gasteiger partial charge in [-0.3, -0.25) is 4.72 Å². The third-order valence-electron chi connectivity index (χ3n) is 2.40. The van der Waals surface area contributed by atoms with Crippen LogP contribution in [0.3, 0.4) is 0 Å². The van der Waals surface area contributed by atoms with Gasteiger partial charge in [-0.15, -0.1) is 0 Å². The largest absolute Gasteiger partial charge is 0.280 e. The molecule has 0 saturated carbocycles. The molecule has 0 bridgehead atoms. The van der Waals surface area contributed by atoms with Gasteiger partial charge >= 0.3 is 0 Å². The first-order chi connectivity index (χ1) is 8.47. The third kappa shape index (κ3) is 3.11. The molecule has 0 radical (unpaired) electrons. The van der Waals surface area contributed by atoms with E-state index in [0.29, 0.717) is 5.69 Å². The minimum atomic E-state index is -3.51. The normalized spacial score (nSPS) is 11.2. The number of anilines is 1. The van der Waals surface area contributed by atoms with E-state index in [4.69, 9.17) is 0 Å². The second kappa shape index (κ2) is 5.12. The highest BCUT2D eigenvalue weighted by atomic mass is 79.9. The fourth-order valence-electron chi connectivity index (χ4n) is 1.51. The standard InChI is InChI=1S/C13H12BrNO2S/c1-10-3-2-4-13(9-10)18(16,17)15-12-7-5-11(14)6-8-12/h2-9,15H,1H3. The van der Waals surface area contributed by atoms with E-state index in [1.54, 1.807) is 42.5 Å². The maximum Gasteiger partial charge on any atom is 0.261 e. The van der Waals surface area contributed by atoms with Crippen LogP contribution in [0.1, 0.15) is 5.56 Å². The number of benzene rings is 2. The Morgan fingerprint density at radius 1 is 1.06 bits per heavy atom. The highest BCUT2D eigenvalue weighted by Crippen LogP contribution is 2.19. The molecule has 0 atom stereocenters. The highest BCUT2D eigenvalue weighted by Gasteiger charge is 2.13. The Labute approximate surface area is 115 Å². The van der Waals surface area contributed by atoms with E-state index >= 15 is 0 Å². The summed E-state index contributed by atoms with van der Waals surface area (Å²) in [6.45, 7) is 1.86. The highest BCUT2D eigenvalue weighted by molar-refractivity contribution is 9.10. The van der Waals surface area contributed by atoms with Crippen LogP contribution in [0, 0.1) is 6.92 Å². The lowest BCUT2D eigenvalue weighted by Crippen LogP contribution is -2.12. The summed E-state index contributed by atoms with van der Waals surface area (Å²) >= 11 is 3.30. The lowest BCUT2D eigenvalue weighted by Gasteiger charge is -2.08. The van der Waals surface area contributed by atoms with Crippen molar-refractivity contribution in [2.45, 2.75) is 11.8 Å². The van der Waals surface area contributed by atoms with Gasteiger partial charge in [-0.05, 0) is 48.9 Å². The van der Waals surface area contributed by atoms with Gasteiger partial charge in [-0.2, -0.15) is 0 Å². The zero-order valence-corrected chi connectivity index (χ0v) is 12.1. The first-order valence-corrected chi connectivity index (χ1v) is 7.60. The van der Waals surface area contributed by atoms with E-state index in [9.17, 15) is 8.42 Å². The van der Waals surface area contributed by atoms with Gasteiger partial charge in [0.25, 0.3) is 10.0 Å². The summed E-state index contributed by atoms with van der Waals surface area (Å²) < 4.78 is 27.7. The van der Waals surface area contributed by atoms with E-state index in [-0.39, 0.29) is 4.90 Å². The second-order valence-electron chi connectivity index (χ2n) is 3.93. The molecule has 0 aliphatic heterocycles. The van der Waals surface area contributed by atoms with Crippen molar-refractivity contribution >= 4 is 31.6 Å². The lowest BCUT2D eigenvalue weighted by atomic mass is 10.2. The van der Waals surface area contributed by atoms with Crippen molar-refractivity contribution in [2.75, 3.05) is 4.72 Å². The molecule has 0 spiro atoms. The Balaban J connectivity index is 2.30. The zero-order chi connectivity index (χ0) is 13.2. The van der Waals surface area contributed by atoms with Crippen molar-refractivity contribution < 1.29 is 8.42 Å². The summed E-state index contributed by atoms with van der Waals surface area (Å²) in [4.78, 5) is 0.269. The second-order valence-corrected chi connectivity index (χ2v) is 6.53. The van der Waals surface area contributed by atoms with Crippen molar-refractivity contribution in [1.82, 2.24) is 0 Å². The topological polar surface area (TPSA) is 46.2 Å². The van der Waals surface area contributed by atoms with E-state index < -0.39 is 10.0 Å². The van der Waals surface area contributed by atoms with Gasteiger partial charge in [0, 0.05) is 10.2 Å². The Morgan fingerprint density at radius 3 is 2.33 bits per heavy atom. The molecule has 3 nitrogen and oxygen atoms in total. The van der Waals surface area contributed by atoms with Crippen LogP contribution in [0.25, 0.3) is 0 Å². The molecule has 0 heterocycles. The van der Waals surface area contributed by atoms with Crippen LogP contribution in [0.15, 0.2) is 57.9 Å². The van der Waals surface area contributed by atoms with Gasteiger partial charge in [-0.25, -0.2) is 8.42 Å². The van der Waals surface area contributed by atoms with Gasteiger partial charge in [0.2, 0.25) is 0 Å². The molecule has 0 amide bonds. The molecule has 0 aliphatic rings. The maximum absolute atomic E-state index is 12.1. The van der Waals surface area contributed by atoms with Gasteiger partial charge in [0.05, 0.1) is 4.90 Å². The molecule has 0 aromatic heterocycles. The predicted octanol–water partition coefficient (Wildman–Crippen LogP) is 3.56. The lowest BCUT2D eigenvalue weighted by molar-refractivity contribution is 0.601. The maximum atomic E-state index is 12.1. The average molecular weight is 326 g/mol. The molecule has 2 rings (SSSR count). The van der Waals surface area contributed by atoms with Crippen LogP contribution in [0.2, 0.25) is 0 Å². The van der Waals surface area contributed by atoms with Crippen LogP contribution in [-0.4, -0.2) is 8.42 Å². The molecule has 2 aromatic rings. The number of hydrogen-bond donors (Lipinski definition) is 1. The van der Waals surface area contributed by atoms with E-state index in [2.05, 4.69) is 20.7 Å². The molecular formula is C13H12BrNO2S. The number of sulfonamides is 1.